The van der Waals surface area contributed by atoms with E-state index in [1.54, 1.807) is 0 Å². The van der Waals surface area contributed by atoms with Crippen molar-refractivity contribution in [2.75, 3.05) is 24.5 Å². The number of rotatable bonds is 1. The van der Waals surface area contributed by atoms with E-state index in [0.29, 0.717) is 6.04 Å². The topological polar surface area (TPSA) is 33.1 Å². The zero-order chi connectivity index (χ0) is 10.3. The SMILES string of the molecule is Cn1ccnc1N1CCCC2CNCC21. The maximum atomic E-state index is 4.46. The first-order valence-corrected chi connectivity index (χ1v) is 5.81. The van der Waals surface area contributed by atoms with E-state index < -0.39 is 0 Å². The van der Waals surface area contributed by atoms with E-state index in [0.717, 1.165) is 25.0 Å². The minimum absolute atomic E-state index is 0.667. The minimum atomic E-state index is 0.667. The molecule has 0 amide bonds. The molecule has 2 unspecified atom stereocenters. The lowest BCUT2D eigenvalue weighted by Gasteiger charge is -2.37. The van der Waals surface area contributed by atoms with Crippen molar-refractivity contribution in [3.05, 3.63) is 12.4 Å². The molecule has 0 radical (unpaired) electrons. The van der Waals surface area contributed by atoms with Crippen molar-refractivity contribution in [3.8, 4) is 0 Å². The van der Waals surface area contributed by atoms with E-state index >= 15 is 0 Å². The standard InChI is InChI=1S/C11H18N4/c1-14-6-4-13-11(14)15-5-2-3-9-7-12-8-10(9)15/h4,6,9-10,12H,2-3,5,7-8H2,1H3. The summed E-state index contributed by atoms with van der Waals surface area (Å²) in [6.45, 7) is 3.47. The van der Waals surface area contributed by atoms with Gasteiger partial charge in [-0.2, -0.15) is 0 Å². The van der Waals surface area contributed by atoms with Gasteiger partial charge in [-0.05, 0) is 18.8 Å². The second-order valence-corrected chi connectivity index (χ2v) is 4.66. The fourth-order valence-electron chi connectivity index (χ4n) is 2.95. The van der Waals surface area contributed by atoms with Crippen LogP contribution in [0.1, 0.15) is 12.8 Å². The summed E-state index contributed by atoms with van der Waals surface area (Å²) in [5.41, 5.74) is 0. The van der Waals surface area contributed by atoms with Gasteiger partial charge >= 0.3 is 0 Å². The zero-order valence-electron chi connectivity index (χ0n) is 9.19. The van der Waals surface area contributed by atoms with Gasteiger partial charge in [0.15, 0.2) is 0 Å². The van der Waals surface area contributed by atoms with Crippen molar-refractivity contribution in [2.24, 2.45) is 13.0 Å². The number of piperidine rings is 1. The minimum Gasteiger partial charge on any atom is -0.338 e. The quantitative estimate of drug-likeness (QED) is 0.731. The summed E-state index contributed by atoms with van der Waals surface area (Å²) >= 11 is 0. The Balaban J connectivity index is 1.88. The van der Waals surface area contributed by atoms with Gasteiger partial charge < -0.3 is 14.8 Å². The normalized spacial score (nSPS) is 30.6. The third kappa shape index (κ3) is 1.44. The molecule has 2 fully saturated rings. The number of nitrogens with one attached hydrogen (secondary N) is 1. The molecule has 0 bridgehead atoms. The number of aromatic nitrogens is 2. The van der Waals surface area contributed by atoms with Gasteiger partial charge in [-0.25, -0.2) is 4.98 Å². The van der Waals surface area contributed by atoms with Gasteiger partial charge in [-0.1, -0.05) is 0 Å². The lowest BCUT2D eigenvalue weighted by Crippen LogP contribution is -2.46. The molecule has 1 N–H and O–H groups in total. The van der Waals surface area contributed by atoms with Crippen LogP contribution >= 0.6 is 0 Å². The zero-order valence-corrected chi connectivity index (χ0v) is 9.19. The van der Waals surface area contributed by atoms with Crippen LogP contribution in [0.4, 0.5) is 5.95 Å². The lowest BCUT2D eigenvalue weighted by atomic mass is 9.92. The number of hydrogen-bond acceptors (Lipinski definition) is 3. The van der Waals surface area contributed by atoms with Crippen molar-refractivity contribution in [1.29, 1.82) is 0 Å². The average molecular weight is 206 g/mol. The Bertz CT molecular complexity index is 346. The molecule has 2 atom stereocenters. The summed E-state index contributed by atoms with van der Waals surface area (Å²) in [5.74, 6) is 1.96. The molecule has 2 aliphatic heterocycles. The molecule has 4 heteroatoms. The van der Waals surface area contributed by atoms with Crippen molar-refractivity contribution < 1.29 is 0 Å². The van der Waals surface area contributed by atoms with E-state index in [4.69, 9.17) is 0 Å². The van der Waals surface area contributed by atoms with E-state index in [1.807, 2.05) is 12.4 Å². The molecule has 4 nitrogen and oxygen atoms in total. The second kappa shape index (κ2) is 3.52. The predicted molar refractivity (Wildman–Crippen MR) is 59.9 cm³/mol. The number of anilines is 1. The summed E-state index contributed by atoms with van der Waals surface area (Å²) in [4.78, 5) is 6.94. The van der Waals surface area contributed by atoms with Gasteiger partial charge in [0.05, 0.1) is 0 Å². The summed E-state index contributed by atoms with van der Waals surface area (Å²) in [6.07, 6.45) is 6.59. The molecule has 0 spiro atoms. The number of imidazole rings is 1. The fourth-order valence-corrected chi connectivity index (χ4v) is 2.95. The molecule has 1 aromatic heterocycles. The van der Waals surface area contributed by atoms with Gasteiger partial charge in [0.25, 0.3) is 0 Å². The van der Waals surface area contributed by atoms with Gasteiger partial charge in [0, 0.05) is 45.1 Å². The summed E-state index contributed by atoms with van der Waals surface area (Å²) in [5, 5.41) is 3.50. The maximum Gasteiger partial charge on any atom is 0.205 e. The molecule has 2 saturated heterocycles. The third-order valence-electron chi connectivity index (χ3n) is 3.73. The number of fused-ring (bicyclic) bond motifs is 1. The first kappa shape index (κ1) is 9.21. The number of aryl methyl sites for hydroxylation is 1. The van der Waals surface area contributed by atoms with Crippen molar-refractivity contribution >= 4 is 5.95 Å². The smallest absolute Gasteiger partial charge is 0.205 e. The van der Waals surface area contributed by atoms with Gasteiger partial charge in [-0.15, -0.1) is 0 Å². The Morgan fingerprint density at radius 3 is 3.20 bits per heavy atom. The Morgan fingerprint density at radius 1 is 1.47 bits per heavy atom. The van der Waals surface area contributed by atoms with Crippen LogP contribution in [0.5, 0.6) is 0 Å². The largest absolute Gasteiger partial charge is 0.338 e. The number of hydrogen-bond donors (Lipinski definition) is 1. The highest BCUT2D eigenvalue weighted by Gasteiger charge is 2.36. The Morgan fingerprint density at radius 2 is 2.40 bits per heavy atom. The van der Waals surface area contributed by atoms with Crippen LogP contribution in [0.3, 0.4) is 0 Å². The van der Waals surface area contributed by atoms with Crippen LogP contribution in [-0.4, -0.2) is 35.2 Å². The van der Waals surface area contributed by atoms with Crippen LogP contribution in [0, 0.1) is 5.92 Å². The Hall–Kier alpha value is -1.03. The Labute approximate surface area is 90.3 Å². The molecule has 0 saturated carbocycles. The first-order chi connectivity index (χ1) is 7.36. The van der Waals surface area contributed by atoms with Crippen LogP contribution < -0.4 is 10.2 Å². The van der Waals surface area contributed by atoms with Crippen molar-refractivity contribution in [2.45, 2.75) is 18.9 Å². The second-order valence-electron chi connectivity index (χ2n) is 4.66. The highest BCUT2D eigenvalue weighted by molar-refractivity contribution is 5.35. The molecule has 1 aromatic rings. The van der Waals surface area contributed by atoms with Crippen LogP contribution in [0.2, 0.25) is 0 Å². The summed E-state index contributed by atoms with van der Waals surface area (Å²) < 4.78 is 2.13. The maximum absolute atomic E-state index is 4.46. The van der Waals surface area contributed by atoms with Gasteiger partial charge in [0.1, 0.15) is 0 Å². The predicted octanol–water partition coefficient (Wildman–Crippen LogP) is 0.608. The molecule has 3 heterocycles. The van der Waals surface area contributed by atoms with E-state index in [-0.39, 0.29) is 0 Å². The highest BCUT2D eigenvalue weighted by atomic mass is 15.3. The van der Waals surface area contributed by atoms with E-state index in [1.165, 1.54) is 19.4 Å². The molecule has 3 rings (SSSR count). The van der Waals surface area contributed by atoms with Crippen LogP contribution in [0.25, 0.3) is 0 Å². The average Bonchev–Trinajstić information content (AvgIpc) is 2.85. The van der Waals surface area contributed by atoms with Crippen LogP contribution in [0.15, 0.2) is 12.4 Å². The number of nitrogens with zero attached hydrogens (tertiary/aromatic N) is 3. The van der Waals surface area contributed by atoms with Gasteiger partial charge in [-0.3, -0.25) is 0 Å². The molecular weight excluding hydrogens is 188 g/mol. The van der Waals surface area contributed by atoms with Gasteiger partial charge in [0.2, 0.25) is 5.95 Å². The molecule has 0 aromatic carbocycles. The van der Waals surface area contributed by atoms with Crippen molar-refractivity contribution in [1.82, 2.24) is 14.9 Å². The van der Waals surface area contributed by atoms with Crippen LogP contribution in [-0.2, 0) is 7.05 Å². The Kier molecular flexibility index (Phi) is 2.16. The molecular formula is C11H18N4. The highest BCUT2D eigenvalue weighted by Crippen LogP contribution is 2.29. The molecule has 15 heavy (non-hydrogen) atoms. The fraction of sp³-hybridized carbons (Fsp3) is 0.727. The van der Waals surface area contributed by atoms with E-state index in [9.17, 15) is 0 Å². The van der Waals surface area contributed by atoms with E-state index in [2.05, 4.69) is 26.8 Å². The molecule has 82 valence electrons. The lowest BCUT2D eigenvalue weighted by molar-refractivity contribution is 0.379. The summed E-state index contributed by atoms with van der Waals surface area (Å²) in [6, 6.07) is 0.667. The first-order valence-electron chi connectivity index (χ1n) is 5.81. The molecule has 0 aliphatic carbocycles. The summed E-state index contributed by atoms with van der Waals surface area (Å²) in [7, 11) is 2.08. The monoisotopic (exact) mass is 206 g/mol. The molecule has 2 aliphatic rings. The third-order valence-corrected chi connectivity index (χ3v) is 3.73. The van der Waals surface area contributed by atoms with Crippen molar-refractivity contribution in [3.63, 3.8) is 0 Å².